The number of aromatic nitrogens is 2. The van der Waals surface area contributed by atoms with Gasteiger partial charge in [0, 0.05) is 19.0 Å². The van der Waals surface area contributed by atoms with Crippen molar-refractivity contribution in [2.75, 3.05) is 30.6 Å². The Bertz CT molecular complexity index is 1140. The van der Waals surface area contributed by atoms with Gasteiger partial charge in [0.2, 0.25) is 12.7 Å². The van der Waals surface area contributed by atoms with Gasteiger partial charge in [0.15, 0.2) is 11.5 Å². The number of nitrogens with zero attached hydrogens (tertiary/aromatic N) is 4. The normalized spacial score (nSPS) is 11.9. The first-order valence-corrected chi connectivity index (χ1v) is 8.81. The fourth-order valence-electron chi connectivity index (χ4n) is 3.00. The third-order valence-corrected chi connectivity index (χ3v) is 4.42. The van der Waals surface area contributed by atoms with Gasteiger partial charge in [-0.15, -0.1) is 0 Å². The highest BCUT2D eigenvalue weighted by Crippen LogP contribution is 2.33. The molecule has 0 saturated carbocycles. The number of hydrogen-bond donors (Lipinski definition) is 2. The van der Waals surface area contributed by atoms with E-state index in [2.05, 4.69) is 21.4 Å². The highest BCUT2D eigenvalue weighted by atomic mass is 16.7. The van der Waals surface area contributed by atoms with Crippen molar-refractivity contribution in [3.8, 4) is 17.6 Å². The Kier molecular flexibility index (Phi) is 4.75. The summed E-state index contributed by atoms with van der Waals surface area (Å²) in [5.41, 5.74) is 2.05. The van der Waals surface area contributed by atoms with E-state index in [0.717, 1.165) is 5.56 Å². The highest BCUT2D eigenvalue weighted by molar-refractivity contribution is 5.91. The number of likely N-dealkylation sites (N-methyl/N-ethyl adjacent to an activating group) is 1. The second-order valence-electron chi connectivity index (χ2n) is 6.51. The van der Waals surface area contributed by atoms with Gasteiger partial charge in [-0.3, -0.25) is 4.79 Å². The lowest BCUT2D eigenvalue weighted by atomic mass is 10.1. The third kappa shape index (κ3) is 3.82. The molecule has 29 heavy (non-hydrogen) atoms. The van der Waals surface area contributed by atoms with Gasteiger partial charge in [-0.25, -0.2) is 4.98 Å². The smallest absolute Gasteiger partial charge is 0.323 e. The first-order chi connectivity index (χ1) is 14.0. The number of anilines is 2. The molecule has 9 heteroatoms. The van der Waals surface area contributed by atoms with Gasteiger partial charge < -0.3 is 24.8 Å². The van der Waals surface area contributed by atoms with E-state index in [1.54, 1.807) is 25.2 Å². The van der Waals surface area contributed by atoms with Gasteiger partial charge in [0.25, 0.3) is 0 Å². The van der Waals surface area contributed by atoms with Crippen LogP contribution in [0.25, 0.3) is 10.9 Å². The number of ether oxygens (including phenoxy) is 2. The molecule has 1 aliphatic heterocycles. The van der Waals surface area contributed by atoms with Crippen LogP contribution in [-0.4, -0.2) is 41.4 Å². The van der Waals surface area contributed by atoms with Crippen LogP contribution in [0.3, 0.4) is 0 Å². The quantitative estimate of drug-likeness (QED) is 0.652. The molecule has 1 aromatic heterocycles. The molecule has 0 unspecified atom stereocenters. The summed E-state index contributed by atoms with van der Waals surface area (Å²) in [5.74, 6) is 1.20. The molecule has 0 bridgehead atoms. The van der Waals surface area contributed by atoms with Gasteiger partial charge in [0.1, 0.15) is 12.4 Å². The molecule has 0 saturated heterocycles. The van der Waals surface area contributed by atoms with Crippen LogP contribution in [0.4, 0.5) is 11.8 Å². The van der Waals surface area contributed by atoms with Crippen molar-refractivity contribution in [2.45, 2.75) is 6.54 Å². The monoisotopic (exact) mass is 391 g/mol. The Balaban J connectivity index is 1.68. The summed E-state index contributed by atoms with van der Waals surface area (Å²) in [7, 11) is 1.61. The maximum Gasteiger partial charge on any atom is 0.323 e. The van der Waals surface area contributed by atoms with Crippen LogP contribution in [-0.2, 0) is 11.3 Å². The van der Waals surface area contributed by atoms with E-state index in [1.165, 1.54) is 4.90 Å². The van der Waals surface area contributed by atoms with Crippen molar-refractivity contribution in [2.24, 2.45) is 0 Å². The van der Waals surface area contributed by atoms with E-state index in [4.69, 9.17) is 14.6 Å². The number of rotatable bonds is 6. The Hall–Kier alpha value is -4.06. The Labute approximate surface area is 166 Å². The lowest BCUT2D eigenvalue weighted by Crippen LogP contribution is -2.27. The highest BCUT2D eigenvalue weighted by Gasteiger charge is 2.16. The molecule has 0 amide bonds. The number of carbonyl (C=O) groups is 1. The Morgan fingerprint density at radius 2 is 2.07 bits per heavy atom. The van der Waals surface area contributed by atoms with Crippen LogP contribution in [0.2, 0.25) is 0 Å². The van der Waals surface area contributed by atoms with Gasteiger partial charge in [-0.05, 0) is 35.9 Å². The first kappa shape index (κ1) is 18.3. The summed E-state index contributed by atoms with van der Waals surface area (Å²) in [6.07, 6.45) is 0. The largest absolute Gasteiger partial charge is 0.480 e. The van der Waals surface area contributed by atoms with E-state index in [9.17, 15) is 10.1 Å². The van der Waals surface area contributed by atoms with Crippen molar-refractivity contribution in [3.05, 3.63) is 47.5 Å². The molecule has 1 aliphatic rings. The SMILES string of the molecule is CN(CC(=O)O)c1nc(NCc2ccc3c(c2)OCO3)c2cc(C#N)ccc2n1. The predicted molar refractivity (Wildman–Crippen MR) is 105 cm³/mol. The number of nitriles is 1. The van der Waals surface area contributed by atoms with Crippen molar-refractivity contribution in [1.82, 2.24) is 9.97 Å². The zero-order valence-corrected chi connectivity index (χ0v) is 15.5. The summed E-state index contributed by atoms with van der Waals surface area (Å²) >= 11 is 0. The summed E-state index contributed by atoms with van der Waals surface area (Å²) in [4.78, 5) is 21.4. The second kappa shape index (κ2) is 7.52. The number of benzene rings is 2. The molecular weight excluding hydrogens is 374 g/mol. The zero-order valence-electron chi connectivity index (χ0n) is 15.5. The van der Waals surface area contributed by atoms with Crippen molar-refractivity contribution < 1.29 is 19.4 Å². The molecule has 0 spiro atoms. The minimum absolute atomic E-state index is 0.207. The molecule has 0 atom stereocenters. The van der Waals surface area contributed by atoms with Crippen LogP contribution in [0.5, 0.6) is 11.5 Å². The molecule has 2 N–H and O–H groups in total. The van der Waals surface area contributed by atoms with Gasteiger partial charge >= 0.3 is 5.97 Å². The van der Waals surface area contributed by atoms with Crippen LogP contribution >= 0.6 is 0 Å². The summed E-state index contributed by atoms with van der Waals surface area (Å²) < 4.78 is 10.7. The van der Waals surface area contributed by atoms with Crippen molar-refractivity contribution >= 4 is 28.6 Å². The maximum atomic E-state index is 11.0. The lowest BCUT2D eigenvalue weighted by molar-refractivity contribution is -0.135. The maximum absolute atomic E-state index is 11.0. The van der Waals surface area contributed by atoms with Crippen molar-refractivity contribution in [1.29, 1.82) is 5.26 Å². The number of hydrogen-bond acceptors (Lipinski definition) is 8. The average Bonchev–Trinajstić information content (AvgIpc) is 3.18. The lowest BCUT2D eigenvalue weighted by Gasteiger charge is -2.17. The summed E-state index contributed by atoms with van der Waals surface area (Å²) in [6, 6.07) is 12.9. The molecule has 9 nitrogen and oxygen atoms in total. The molecule has 4 rings (SSSR count). The molecule has 0 radical (unpaired) electrons. The molecule has 2 heterocycles. The van der Waals surface area contributed by atoms with Gasteiger partial charge in [0.05, 0.1) is 17.1 Å². The van der Waals surface area contributed by atoms with E-state index < -0.39 is 5.97 Å². The fourth-order valence-corrected chi connectivity index (χ4v) is 3.00. The van der Waals surface area contributed by atoms with Crippen LogP contribution in [0.1, 0.15) is 11.1 Å². The molecule has 2 aromatic carbocycles. The number of carboxylic acids is 1. The van der Waals surface area contributed by atoms with Crippen molar-refractivity contribution in [3.63, 3.8) is 0 Å². The minimum Gasteiger partial charge on any atom is -0.480 e. The van der Waals surface area contributed by atoms with E-state index in [-0.39, 0.29) is 19.3 Å². The number of fused-ring (bicyclic) bond motifs is 2. The van der Waals surface area contributed by atoms with E-state index >= 15 is 0 Å². The fraction of sp³-hybridized carbons (Fsp3) is 0.200. The number of aliphatic carboxylic acids is 1. The van der Waals surface area contributed by atoms with Crippen LogP contribution < -0.4 is 19.7 Å². The molecule has 0 aliphatic carbocycles. The van der Waals surface area contributed by atoms with Gasteiger partial charge in [-0.2, -0.15) is 10.2 Å². The summed E-state index contributed by atoms with van der Waals surface area (Å²) in [5, 5.41) is 22.2. The molecule has 0 fully saturated rings. The van der Waals surface area contributed by atoms with E-state index in [1.807, 2.05) is 18.2 Å². The molecule has 146 valence electrons. The minimum atomic E-state index is -0.981. The molecule has 3 aromatic rings. The van der Waals surface area contributed by atoms with Crippen LogP contribution in [0.15, 0.2) is 36.4 Å². The van der Waals surface area contributed by atoms with E-state index in [0.29, 0.717) is 40.3 Å². The standard InChI is InChI=1S/C20H17N5O4/c1-25(10-18(26)27)20-23-15-4-2-12(8-21)6-14(15)19(24-20)22-9-13-3-5-16-17(7-13)29-11-28-16/h2-7H,9-11H2,1H3,(H,26,27)(H,22,23,24). The topological polar surface area (TPSA) is 121 Å². The Morgan fingerprint density at radius 3 is 2.86 bits per heavy atom. The van der Waals surface area contributed by atoms with Gasteiger partial charge in [-0.1, -0.05) is 6.07 Å². The zero-order chi connectivity index (χ0) is 20.4. The average molecular weight is 391 g/mol. The molecular formula is C20H17N5O4. The number of nitrogens with one attached hydrogen (secondary N) is 1. The third-order valence-electron chi connectivity index (χ3n) is 4.42. The second-order valence-corrected chi connectivity index (χ2v) is 6.51. The van der Waals surface area contributed by atoms with Crippen LogP contribution in [0, 0.1) is 11.3 Å². The number of carboxylic acid groups (broad SMARTS) is 1. The summed E-state index contributed by atoms with van der Waals surface area (Å²) in [6.45, 7) is 0.421. The predicted octanol–water partition coefficient (Wildman–Crippen LogP) is 2.36. The first-order valence-electron chi connectivity index (χ1n) is 8.81. The Morgan fingerprint density at radius 1 is 1.24 bits per heavy atom.